The van der Waals surface area contributed by atoms with Crippen LogP contribution in [0.15, 0.2) is 146 Å². The zero-order valence-corrected chi connectivity index (χ0v) is 23.0. The van der Waals surface area contributed by atoms with Crippen molar-refractivity contribution >= 4 is 0 Å². The number of nitrogens with zero attached hydrogens (tertiary/aromatic N) is 6. The van der Waals surface area contributed by atoms with E-state index in [0.717, 1.165) is 56.7 Å². The molecule has 0 aliphatic rings. The second kappa shape index (κ2) is 11.5. The fourth-order valence-corrected chi connectivity index (χ4v) is 5.02. The van der Waals surface area contributed by atoms with Crippen LogP contribution >= 0.6 is 0 Å². The van der Waals surface area contributed by atoms with Crippen LogP contribution in [-0.4, -0.2) is 29.5 Å². The molecule has 0 fully saturated rings. The Morgan fingerprint density at radius 2 is 0.667 bits per heavy atom. The number of aromatic nitrogens is 6. The maximum atomic E-state index is 4.92. The number of benzene rings is 5. The molecule has 2 heterocycles. The Morgan fingerprint density at radius 1 is 0.357 bits per heavy atom. The third kappa shape index (κ3) is 5.38. The van der Waals surface area contributed by atoms with Crippen molar-refractivity contribution in [3.63, 3.8) is 0 Å². The topological polar surface area (TPSA) is 61.4 Å². The SMILES string of the molecule is c1ccc(-c2nc(-c3ccccc3)n(Cc3ccc(Cn4nc(-c5ccccc5)nc4-c4ccccc4)cc3)n2)cc1. The molecule has 0 saturated heterocycles. The van der Waals surface area contributed by atoms with Crippen molar-refractivity contribution < 1.29 is 0 Å². The van der Waals surface area contributed by atoms with E-state index >= 15 is 0 Å². The summed E-state index contributed by atoms with van der Waals surface area (Å²) in [5, 5.41) is 9.80. The highest BCUT2D eigenvalue weighted by Crippen LogP contribution is 2.25. The van der Waals surface area contributed by atoms with Gasteiger partial charge in [0.2, 0.25) is 0 Å². The average molecular weight is 545 g/mol. The predicted molar refractivity (Wildman–Crippen MR) is 166 cm³/mol. The lowest BCUT2D eigenvalue weighted by Gasteiger charge is -2.09. The van der Waals surface area contributed by atoms with Crippen molar-refractivity contribution in [2.45, 2.75) is 13.1 Å². The molecule has 0 bridgehead atoms. The minimum absolute atomic E-state index is 0.612. The summed E-state index contributed by atoms with van der Waals surface area (Å²) in [5.74, 6) is 3.14. The van der Waals surface area contributed by atoms with Gasteiger partial charge in [0.05, 0.1) is 13.1 Å². The van der Waals surface area contributed by atoms with Crippen molar-refractivity contribution in [1.29, 1.82) is 0 Å². The molecule has 0 amide bonds. The summed E-state index contributed by atoms with van der Waals surface area (Å²) in [6, 6.07) is 49.3. The normalized spacial score (nSPS) is 11.0. The van der Waals surface area contributed by atoms with Gasteiger partial charge in [-0.1, -0.05) is 146 Å². The molecule has 0 saturated carbocycles. The molecule has 0 atom stereocenters. The Hall–Kier alpha value is -5.62. The van der Waals surface area contributed by atoms with Gasteiger partial charge in [0.15, 0.2) is 23.3 Å². The van der Waals surface area contributed by atoms with Gasteiger partial charge in [0.1, 0.15) is 0 Å². The van der Waals surface area contributed by atoms with Crippen LogP contribution in [0.3, 0.4) is 0 Å². The van der Waals surface area contributed by atoms with Crippen molar-refractivity contribution in [2.75, 3.05) is 0 Å². The number of hydrogen-bond donors (Lipinski definition) is 0. The summed E-state index contributed by atoms with van der Waals surface area (Å²) in [6.07, 6.45) is 0. The van der Waals surface area contributed by atoms with Crippen molar-refractivity contribution in [2.24, 2.45) is 0 Å². The maximum absolute atomic E-state index is 4.92. The Kier molecular flexibility index (Phi) is 6.92. The van der Waals surface area contributed by atoms with E-state index in [-0.39, 0.29) is 0 Å². The standard InChI is InChI=1S/C36H28N6/c1-5-13-29(14-6-1)33-37-35(31-17-9-3-10-18-31)41(39-33)25-27-21-23-28(24-22-27)26-42-36(32-19-11-4-12-20-32)38-34(40-42)30-15-7-2-8-16-30/h1-24H,25-26H2. The van der Waals surface area contributed by atoms with E-state index < -0.39 is 0 Å². The second-order valence-electron chi connectivity index (χ2n) is 10.1. The first-order chi connectivity index (χ1) is 20.8. The molecule has 0 aliphatic carbocycles. The zero-order valence-electron chi connectivity index (χ0n) is 23.0. The van der Waals surface area contributed by atoms with Crippen LogP contribution in [0, 0.1) is 0 Å². The molecule has 6 nitrogen and oxygen atoms in total. The maximum Gasteiger partial charge on any atom is 0.181 e. The van der Waals surface area contributed by atoms with E-state index in [1.807, 2.05) is 106 Å². The van der Waals surface area contributed by atoms with Gasteiger partial charge in [0.25, 0.3) is 0 Å². The zero-order chi connectivity index (χ0) is 28.1. The highest BCUT2D eigenvalue weighted by Gasteiger charge is 2.16. The van der Waals surface area contributed by atoms with Crippen molar-refractivity contribution in [1.82, 2.24) is 29.5 Å². The highest BCUT2D eigenvalue weighted by molar-refractivity contribution is 5.63. The smallest absolute Gasteiger partial charge is 0.181 e. The lowest BCUT2D eigenvalue weighted by atomic mass is 10.1. The summed E-state index contributed by atoms with van der Waals surface area (Å²) in [5.41, 5.74) is 6.37. The first-order valence-electron chi connectivity index (χ1n) is 14.0. The minimum atomic E-state index is 0.612. The van der Waals surface area contributed by atoms with Crippen molar-refractivity contribution in [3.8, 4) is 45.6 Å². The number of hydrogen-bond acceptors (Lipinski definition) is 4. The van der Waals surface area contributed by atoms with Gasteiger partial charge in [-0.05, 0) is 11.1 Å². The van der Waals surface area contributed by atoms with Crippen LogP contribution in [0.5, 0.6) is 0 Å². The Bertz CT molecular complexity index is 1750. The highest BCUT2D eigenvalue weighted by atomic mass is 15.4. The molecule has 0 spiro atoms. The van der Waals surface area contributed by atoms with E-state index in [4.69, 9.17) is 20.2 Å². The van der Waals surface area contributed by atoms with Crippen LogP contribution in [-0.2, 0) is 13.1 Å². The average Bonchev–Trinajstić information content (AvgIpc) is 3.68. The Balaban J connectivity index is 1.17. The first-order valence-corrected chi connectivity index (χ1v) is 14.0. The molecule has 202 valence electrons. The third-order valence-corrected chi connectivity index (χ3v) is 7.16. The lowest BCUT2D eigenvalue weighted by Crippen LogP contribution is -2.06. The fourth-order valence-electron chi connectivity index (χ4n) is 5.02. The van der Waals surface area contributed by atoms with Crippen LogP contribution in [0.4, 0.5) is 0 Å². The molecule has 6 heteroatoms. The monoisotopic (exact) mass is 544 g/mol. The predicted octanol–water partition coefficient (Wildman–Crippen LogP) is 7.63. The summed E-state index contributed by atoms with van der Waals surface area (Å²) in [7, 11) is 0. The molecule has 42 heavy (non-hydrogen) atoms. The van der Waals surface area contributed by atoms with Crippen LogP contribution in [0.1, 0.15) is 11.1 Å². The van der Waals surface area contributed by atoms with E-state index in [1.165, 1.54) is 0 Å². The molecule has 5 aromatic carbocycles. The van der Waals surface area contributed by atoms with Crippen LogP contribution in [0.25, 0.3) is 45.6 Å². The third-order valence-electron chi connectivity index (χ3n) is 7.16. The molecule has 0 aliphatic heterocycles. The summed E-state index contributed by atoms with van der Waals surface area (Å²) in [6.45, 7) is 1.22. The van der Waals surface area contributed by atoms with Gasteiger partial charge in [-0.15, -0.1) is 0 Å². The van der Waals surface area contributed by atoms with Gasteiger partial charge >= 0.3 is 0 Å². The van der Waals surface area contributed by atoms with E-state index in [9.17, 15) is 0 Å². The van der Waals surface area contributed by atoms with E-state index in [2.05, 4.69) is 48.5 Å². The molecule has 0 radical (unpaired) electrons. The quantitative estimate of drug-likeness (QED) is 0.197. The van der Waals surface area contributed by atoms with Gasteiger partial charge in [0, 0.05) is 22.3 Å². The van der Waals surface area contributed by atoms with Gasteiger partial charge in [-0.25, -0.2) is 19.3 Å². The van der Waals surface area contributed by atoms with Crippen LogP contribution < -0.4 is 0 Å². The van der Waals surface area contributed by atoms with E-state index in [0.29, 0.717) is 13.1 Å². The first kappa shape index (κ1) is 25.4. The minimum Gasteiger partial charge on any atom is -0.241 e. The Labute approximate surface area is 244 Å². The van der Waals surface area contributed by atoms with Crippen LogP contribution in [0.2, 0.25) is 0 Å². The van der Waals surface area contributed by atoms with Gasteiger partial charge in [-0.3, -0.25) is 0 Å². The number of rotatable bonds is 8. The molecular formula is C36H28N6. The molecule has 0 N–H and O–H groups in total. The second-order valence-corrected chi connectivity index (χ2v) is 10.1. The van der Waals surface area contributed by atoms with Gasteiger partial charge < -0.3 is 0 Å². The molecule has 2 aromatic heterocycles. The molecule has 7 aromatic rings. The van der Waals surface area contributed by atoms with E-state index in [1.54, 1.807) is 0 Å². The fraction of sp³-hybridized carbons (Fsp3) is 0.0556. The van der Waals surface area contributed by atoms with Crippen molar-refractivity contribution in [3.05, 3.63) is 157 Å². The Morgan fingerprint density at radius 3 is 1.00 bits per heavy atom. The summed E-state index contributed by atoms with van der Waals surface area (Å²) < 4.78 is 3.98. The molecular weight excluding hydrogens is 516 g/mol. The van der Waals surface area contributed by atoms with Gasteiger partial charge in [-0.2, -0.15) is 10.2 Å². The summed E-state index contributed by atoms with van der Waals surface area (Å²) in [4.78, 5) is 9.84. The lowest BCUT2D eigenvalue weighted by molar-refractivity contribution is 0.687. The molecule has 0 unspecified atom stereocenters. The molecule has 7 rings (SSSR count). The largest absolute Gasteiger partial charge is 0.241 e. The summed E-state index contributed by atoms with van der Waals surface area (Å²) >= 11 is 0.